The van der Waals surface area contributed by atoms with E-state index in [9.17, 15) is 10.2 Å². The van der Waals surface area contributed by atoms with Gasteiger partial charge in [-0.3, -0.25) is 0 Å². The largest absolute Gasteiger partial charge is 0.506 e. The molecular weight excluding hydrogens is 456 g/mol. The molecule has 0 aromatic heterocycles. The summed E-state index contributed by atoms with van der Waals surface area (Å²) in [4.78, 5) is 0. The van der Waals surface area contributed by atoms with E-state index in [1.54, 1.807) is 24.3 Å². The second kappa shape index (κ2) is 11.3. The predicted octanol–water partition coefficient (Wildman–Crippen LogP) is 6.62. The average Bonchev–Trinajstić information content (AvgIpc) is 2.87. The van der Waals surface area contributed by atoms with Crippen molar-refractivity contribution in [2.45, 2.75) is 0 Å². The maximum atomic E-state index is 9.84. The molecular formula is C26H26N8O2. The minimum absolute atomic E-state index is 0.0120. The van der Waals surface area contributed by atoms with Crippen LogP contribution in [0.2, 0.25) is 0 Å². The third kappa shape index (κ3) is 6.70. The number of aromatic hydroxyl groups is 2. The standard InChI is InChI=1S/C26H26N8O2/c27-17-1-11-23(25(35)15-17)33-31-21-7-3-19(4-8-21)29-13-14-30-20-5-9-22(10-6-20)32-34-24-12-2-18(28)16-26(24)36/h1-12,15-16,29-30,35-36H,13-14,27-28H2/b33-31+,34-32+. The summed E-state index contributed by atoms with van der Waals surface area (Å²) in [5.41, 5.74) is 16.1. The quantitative estimate of drug-likeness (QED) is 0.0891. The van der Waals surface area contributed by atoms with Crippen LogP contribution in [-0.4, -0.2) is 23.3 Å². The normalized spacial score (nSPS) is 11.2. The molecule has 10 heteroatoms. The highest BCUT2D eigenvalue weighted by Gasteiger charge is 2.01. The van der Waals surface area contributed by atoms with Crippen molar-refractivity contribution in [1.82, 2.24) is 0 Å². The van der Waals surface area contributed by atoms with Gasteiger partial charge in [0, 0.05) is 48.0 Å². The van der Waals surface area contributed by atoms with Crippen LogP contribution in [0.25, 0.3) is 0 Å². The van der Waals surface area contributed by atoms with E-state index in [-0.39, 0.29) is 11.5 Å². The lowest BCUT2D eigenvalue weighted by atomic mass is 10.2. The maximum Gasteiger partial charge on any atom is 0.145 e. The van der Waals surface area contributed by atoms with Crippen LogP contribution in [0.4, 0.5) is 45.5 Å². The first-order valence-electron chi connectivity index (χ1n) is 11.1. The Balaban J connectivity index is 1.22. The number of hydrogen-bond acceptors (Lipinski definition) is 10. The molecule has 4 aromatic carbocycles. The van der Waals surface area contributed by atoms with Crippen molar-refractivity contribution in [2.75, 3.05) is 35.2 Å². The van der Waals surface area contributed by atoms with Crippen LogP contribution in [0, 0.1) is 0 Å². The molecule has 0 amide bonds. The Morgan fingerprint density at radius 3 is 1.28 bits per heavy atom. The molecule has 36 heavy (non-hydrogen) atoms. The summed E-state index contributed by atoms with van der Waals surface area (Å²) >= 11 is 0. The number of rotatable bonds is 9. The van der Waals surface area contributed by atoms with E-state index in [1.165, 1.54) is 12.1 Å². The molecule has 0 aliphatic carbocycles. The van der Waals surface area contributed by atoms with E-state index in [2.05, 4.69) is 31.1 Å². The molecule has 0 saturated carbocycles. The highest BCUT2D eigenvalue weighted by atomic mass is 16.3. The number of nitrogen functional groups attached to an aromatic ring is 2. The summed E-state index contributed by atoms with van der Waals surface area (Å²) in [5, 5.41) is 42.8. The number of azo groups is 2. The fraction of sp³-hybridized carbons (Fsp3) is 0.0769. The van der Waals surface area contributed by atoms with E-state index in [1.807, 2.05) is 48.5 Å². The number of benzene rings is 4. The molecule has 4 aromatic rings. The van der Waals surface area contributed by atoms with Crippen molar-refractivity contribution in [3.05, 3.63) is 84.9 Å². The van der Waals surface area contributed by atoms with Crippen molar-refractivity contribution in [3.63, 3.8) is 0 Å². The molecule has 0 bridgehead atoms. The zero-order valence-corrected chi connectivity index (χ0v) is 19.3. The van der Waals surface area contributed by atoms with Gasteiger partial charge in [0.1, 0.15) is 22.9 Å². The van der Waals surface area contributed by atoms with Crippen molar-refractivity contribution in [3.8, 4) is 11.5 Å². The highest BCUT2D eigenvalue weighted by molar-refractivity contribution is 5.60. The molecule has 0 saturated heterocycles. The second-order valence-electron chi connectivity index (χ2n) is 7.84. The number of nitrogens with zero attached hydrogens (tertiary/aromatic N) is 4. The van der Waals surface area contributed by atoms with Gasteiger partial charge in [-0.2, -0.15) is 10.2 Å². The Hall–Kier alpha value is -5.12. The molecule has 8 N–H and O–H groups in total. The summed E-state index contributed by atoms with van der Waals surface area (Å²) in [5.74, 6) is -0.0240. The maximum absolute atomic E-state index is 9.84. The van der Waals surface area contributed by atoms with Crippen LogP contribution in [0.15, 0.2) is 105 Å². The third-order valence-corrected chi connectivity index (χ3v) is 5.06. The van der Waals surface area contributed by atoms with Crippen LogP contribution < -0.4 is 22.1 Å². The van der Waals surface area contributed by atoms with E-state index >= 15 is 0 Å². The number of hydrogen-bond donors (Lipinski definition) is 6. The van der Waals surface area contributed by atoms with Gasteiger partial charge in [-0.15, -0.1) is 10.2 Å². The Bertz CT molecular complexity index is 1260. The molecule has 0 aliphatic rings. The minimum atomic E-state index is -0.0120. The van der Waals surface area contributed by atoms with E-state index in [0.29, 0.717) is 47.2 Å². The van der Waals surface area contributed by atoms with Crippen molar-refractivity contribution in [2.24, 2.45) is 20.5 Å². The summed E-state index contributed by atoms with van der Waals surface area (Å²) < 4.78 is 0. The first-order valence-corrected chi connectivity index (χ1v) is 11.1. The van der Waals surface area contributed by atoms with Crippen LogP contribution in [-0.2, 0) is 0 Å². The Kier molecular flexibility index (Phi) is 7.57. The lowest BCUT2D eigenvalue weighted by Gasteiger charge is -2.09. The van der Waals surface area contributed by atoms with E-state index in [0.717, 1.165) is 11.4 Å². The van der Waals surface area contributed by atoms with Gasteiger partial charge in [0.15, 0.2) is 0 Å². The van der Waals surface area contributed by atoms with Crippen LogP contribution in [0.5, 0.6) is 11.5 Å². The van der Waals surface area contributed by atoms with Gasteiger partial charge in [0.2, 0.25) is 0 Å². The monoisotopic (exact) mass is 482 g/mol. The van der Waals surface area contributed by atoms with Gasteiger partial charge in [0.25, 0.3) is 0 Å². The smallest absolute Gasteiger partial charge is 0.145 e. The molecule has 0 atom stereocenters. The fourth-order valence-corrected chi connectivity index (χ4v) is 3.18. The van der Waals surface area contributed by atoms with Gasteiger partial charge in [-0.25, -0.2) is 0 Å². The average molecular weight is 483 g/mol. The SMILES string of the molecule is Nc1ccc(/N=N/c2ccc(NCCNc3ccc(/N=N/c4ccc(N)cc4O)cc3)cc2)c(O)c1. The Morgan fingerprint density at radius 1 is 0.528 bits per heavy atom. The molecule has 0 spiro atoms. The molecule has 0 heterocycles. The zero-order chi connectivity index (χ0) is 25.3. The number of nitrogens with two attached hydrogens (primary N) is 2. The zero-order valence-electron chi connectivity index (χ0n) is 19.3. The van der Waals surface area contributed by atoms with E-state index in [4.69, 9.17) is 11.5 Å². The van der Waals surface area contributed by atoms with Gasteiger partial charge in [-0.05, 0) is 72.8 Å². The minimum Gasteiger partial charge on any atom is -0.506 e. The lowest BCUT2D eigenvalue weighted by molar-refractivity contribution is 0.476. The molecule has 4 rings (SSSR count). The van der Waals surface area contributed by atoms with Gasteiger partial charge in [-0.1, -0.05) is 0 Å². The number of phenols is 2. The fourth-order valence-electron chi connectivity index (χ4n) is 3.18. The van der Waals surface area contributed by atoms with Crippen LogP contribution in [0.1, 0.15) is 0 Å². The molecule has 10 nitrogen and oxygen atoms in total. The third-order valence-electron chi connectivity index (χ3n) is 5.06. The van der Waals surface area contributed by atoms with Gasteiger partial charge >= 0.3 is 0 Å². The molecule has 0 fully saturated rings. The Morgan fingerprint density at radius 2 is 0.917 bits per heavy atom. The molecule has 0 radical (unpaired) electrons. The summed E-state index contributed by atoms with van der Waals surface area (Å²) in [6, 6.07) is 24.4. The predicted molar refractivity (Wildman–Crippen MR) is 143 cm³/mol. The van der Waals surface area contributed by atoms with Gasteiger partial charge in [0.05, 0.1) is 11.4 Å². The number of phenolic OH excluding ortho intramolecular Hbond substituents is 2. The van der Waals surface area contributed by atoms with E-state index < -0.39 is 0 Å². The molecule has 0 aliphatic heterocycles. The number of nitrogens with one attached hydrogen (secondary N) is 2. The first-order chi connectivity index (χ1) is 17.5. The Labute approximate surface area is 208 Å². The number of anilines is 4. The summed E-state index contributed by atoms with van der Waals surface area (Å²) in [6.45, 7) is 1.41. The molecule has 182 valence electrons. The van der Waals surface area contributed by atoms with Crippen LogP contribution >= 0.6 is 0 Å². The van der Waals surface area contributed by atoms with Gasteiger partial charge < -0.3 is 32.3 Å². The van der Waals surface area contributed by atoms with Crippen molar-refractivity contribution in [1.29, 1.82) is 0 Å². The second-order valence-corrected chi connectivity index (χ2v) is 7.84. The van der Waals surface area contributed by atoms with Crippen molar-refractivity contribution >= 4 is 45.5 Å². The van der Waals surface area contributed by atoms with Crippen LogP contribution in [0.3, 0.4) is 0 Å². The topological polar surface area (TPSA) is 166 Å². The summed E-state index contributed by atoms with van der Waals surface area (Å²) in [7, 11) is 0. The summed E-state index contributed by atoms with van der Waals surface area (Å²) in [6.07, 6.45) is 0. The highest BCUT2D eigenvalue weighted by Crippen LogP contribution is 2.31. The lowest BCUT2D eigenvalue weighted by Crippen LogP contribution is -2.13. The van der Waals surface area contributed by atoms with Crippen molar-refractivity contribution < 1.29 is 10.2 Å². The molecule has 0 unspecified atom stereocenters. The first kappa shape index (κ1) is 24.0.